The molecular weight excluding hydrogens is 278 g/mol. The predicted octanol–water partition coefficient (Wildman–Crippen LogP) is 2.65. The highest BCUT2D eigenvalue weighted by atomic mass is 16.5. The Balaban J connectivity index is 1.50. The van der Waals surface area contributed by atoms with Gasteiger partial charge in [0.25, 0.3) is 0 Å². The number of carboxylic acid groups (broad SMARTS) is 1. The summed E-state index contributed by atoms with van der Waals surface area (Å²) in [6.45, 7) is 3.02. The molecule has 1 aromatic rings. The lowest BCUT2D eigenvalue weighted by molar-refractivity contribution is -0.149. The van der Waals surface area contributed by atoms with Crippen LogP contribution in [0.15, 0.2) is 29.8 Å². The van der Waals surface area contributed by atoms with E-state index in [9.17, 15) is 9.90 Å². The normalized spacial score (nSPS) is 30.4. The number of carboxylic acids is 1. The number of aliphatic carboxylic acids is 1. The zero-order valence-electron chi connectivity index (χ0n) is 12.6. The predicted molar refractivity (Wildman–Crippen MR) is 83.8 cm³/mol. The van der Waals surface area contributed by atoms with Crippen LogP contribution in [0.3, 0.4) is 0 Å². The molecule has 4 heteroatoms. The van der Waals surface area contributed by atoms with Crippen molar-refractivity contribution in [2.24, 2.45) is 11.3 Å². The first kappa shape index (κ1) is 13.8. The van der Waals surface area contributed by atoms with E-state index in [0.29, 0.717) is 19.1 Å². The maximum absolute atomic E-state index is 11.7. The van der Waals surface area contributed by atoms with Gasteiger partial charge in [0.15, 0.2) is 0 Å². The molecule has 2 fully saturated rings. The maximum atomic E-state index is 11.7. The smallest absolute Gasteiger partial charge is 0.311 e. The van der Waals surface area contributed by atoms with Crippen LogP contribution in [0.25, 0.3) is 6.08 Å². The first-order valence-corrected chi connectivity index (χ1v) is 8.04. The second-order valence-electron chi connectivity index (χ2n) is 6.85. The van der Waals surface area contributed by atoms with Gasteiger partial charge in [0.05, 0.1) is 5.41 Å². The molecule has 0 amide bonds. The third-order valence-electron chi connectivity index (χ3n) is 5.49. The zero-order valence-corrected chi connectivity index (χ0v) is 12.6. The van der Waals surface area contributed by atoms with E-state index in [1.807, 2.05) is 18.2 Å². The molecule has 116 valence electrons. The van der Waals surface area contributed by atoms with E-state index in [1.54, 1.807) is 0 Å². The number of nitrogens with zero attached hydrogens (tertiary/aromatic N) is 1. The highest BCUT2D eigenvalue weighted by Crippen LogP contribution is 2.49. The minimum absolute atomic E-state index is 0.322. The van der Waals surface area contributed by atoms with Crippen LogP contribution in [0.2, 0.25) is 0 Å². The van der Waals surface area contributed by atoms with Gasteiger partial charge < -0.3 is 9.84 Å². The third-order valence-corrected chi connectivity index (χ3v) is 5.49. The average molecular weight is 299 g/mol. The molecule has 3 aliphatic rings. The molecule has 2 atom stereocenters. The Bertz CT molecular complexity index is 639. The Morgan fingerprint density at radius 2 is 2.27 bits per heavy atom. The highest BCUT2D eigenvalue weighted by Gasteiger charge is 2.54. The summed E-state index contributed by atoms with van der Waals surface area (Å²) in [5.74, 6) is 0.658. The van der Waals surface area contributed by atoms with E-state index in [0.717, 1.165) is 43.7 Å². The molecule has 2 heterocycles. The van der Waals surface area contributed by atoms with Crippen LogP contribution in [0.4, 0.5) is 0 Å². The van der Waals surface area contributed by atoms with Crippen LogP contribution in [-0.2, 0) is 4.79 Å². The minimum atomic E-state index is -0.600. The van der Waals surface area contributed by atoms with Gasteiger partial charge in [-0.1, -0.05) is 24.6 Å². The molecule has 1 aromatic carbocycles. The molecule has 1 saturated heterocycles. The summed E-state index contributed by atoms with van der Waals surface area (Å²) in [7, 11) is 0. The van der Waals surface area contributed by atoms with E-state index in [2.05, 4.69) is 17.0 Å². The molecule has 2 aliphatic heterocycles. The number of benzene rings is 1. The van der Waals surface area contributed by atoms with E-state index in [-0.39, 0.29) is 0 Å². The lowest BCUT2D eigenvalue weighted by Gasteiger charge is -2.25. The van der Waals surface area contributed by atoms with Crippen molar-refractivity contribution >= 4 is 12.0 Å². The maximum Gasteiger partial charge on any atom is 0.311 e. The van der Waals surface area contributed by atoms with Gasteiger partial charge in [-0.3, -0.25) is 9.69 Å². The molecule has 0 radical (unpaired) electrons. The molecule has 22 heavy (non-hydrogen) atoms. The van der Waals surface area contributed by atoms with Crippen LogP contribution in [0, 0.1) is 11.3 Å². The van der Waals surface area contributed by atoms with Gasteiger partial charge in [0.2, 0.25) is 0 Å². The number of carbonyl (C=O) groups is 1. The molecule has 4 nitrogen and oxygen atoms in total. The first-order valence-electron chi connectivity index (χ1n) is 8.04. The second kappa shape index (κ2) is 5.13. The molecule has 1 aliphatic carbocycles. The van der Waals surface area contributed by atoms with E-state index < -0.39 is 11.4 Å². The summed E-state index contributed by atoms with van der Waals surface area (Å²) in [5, 5.41) is 9.66. The molecule has 0 unspecified atom stereocenters. The number of para-hydroxylation sites is 1. The topological polar surface area (TPSA) is 49.8 Å². The highest BCUT2D eigenvalue weighted by molar-refractivity contribution is 5.76. The van der Waals surface area contributed by atoms with Crippen LogP contribution in [0.5, 0.6) is 5.75 Å². The summed E-state index contributed by atoms with van der Waals surface area (Å²) in [5.41, 5.74) is 1.86. The molecule has 0 spiro atoms. The molecular formula is C18H21NO3. The van der Waals surface area contributed by atoms with Crippen molar-refractivity contribution in [1.29, 1.82) is 0 Å². The largest absolute Gasteiger partial charge is 0.489 e. The Morgan fingerprint density at radius 1 is 1.41 bits per heavy atom. The lowest BCUT2D eigenvalue weighted by atomic mass is 9.81. The van der Waals surface area contributed by atoms with Crippen LogP contribution in [0.1, 0.15) is 24.8 Å². The van der Waals surface area contributed by atoms with Gasteiger partial charge in [0.1, 0.15) is 12.4 Å². The zero-order chi connectivity index (χ0) is 15.2. The Hall–Kier alpha value is -1.81. The van der Waals surface area contributed by atoms with Crippen molar-refractivity contribution in [3.05, 3.63) is 35.4 Å². The Kier molecular flexibility index (Phi) is 3.22. The molecule has 0 aromatic heterocycles. The van der Waals surface area contributed by atoms with E-state index in [4.69, 9.17) is 4.74 Å². The van der Waals surface area contributed by atoms with Crippen LogP contribution < -0.4 is 4.74 Å². The van der Waals surface area contributed by atoms with Gasteiger partial charge in [-0.25, -0.2) is 0 Å². The third kappa shape index (κ3) is 2.13. The van der Waals surface area contributed by atoms with Gasteiger partial charge >= 0.3 is 5.97 Å². The summed E-state index contributed by atoms with van der Waals surface area (Å²) in [6, 6.07) is 8.05. The van der Waals surface area contributed by atoms with Crippen molar-refractivity contribution in [1.82, 2.24) is 4.90 Å². The van der Waals surface area contributed by atoms with E-state index in [1.165, 1.54) is 5.57 Å². The SMILES string of the molecule is O=C(O)[C@@]12CCC[C@H]1CN(CC1=Cc3ccccc3OC1)C2. The number of ether oxygens (including phenoxy) is 1. The van der Waals surface area contributed by atoms with Crippen molar-refractivity contribution < 1.29 is 14.6 Å². The standard InChI is InChI=1S/C18H21NO3/c20-17(21)18-7-3-5-15(18)10-19(12-18)9-13-8-14-4-1-2-6-16(14)22-11-13/h1-2,4,6,8,15H,3,5,7,9-12H2,(H,20,21)/t15-,18+/m0/s1. The lowest BCUT2D eigenvalue weighted by Crippen LogP contribution is -2.36. The number of hydrogen-bond donors (Lipinski definition) is 1. The van der Waals surface area contributed by atoms with Crippen molar-refractivity contribution in [2.75, 3.05) is 26.2 Å². The van der Waals surface area contributed by atoms with Crippen LogP contribution >= 0.6 is 0 Å². The Morgan fingerprint density at radius 3 is 3.09 bits per heavy atom. The summed E-state index contributed by atoms with van der Waals surface area (Å²) in [6.07, 6.45) is 5.15. The summed E-state index contributed by atoms with van der Waals surface area (Å²) >= 11 is 0. The quantitative estimate of drug-likeness (QED) is 0.932. The number of hydrogen-bond acceptors (Lipinski definition) is 3. The second-order valence-corrected chi connectivity index (χ2v) is 6.85. The van der Waals surface area contributed by atoms with E-state index >= 15 is 0 Å². The number of likely N-dealkylation sites (tertiary alicyclic amines) is 1. The fraction of sp³-hybridized carbons (Fsp3) is 0.500. The van der Waals surface area contributed by atoms with Crippen LogP contribution in [-0.4, -0.2) is 42.2 Å². The molecule has 0 bridgehead atoms. The molecule has 4 rings (SSSR count). The monoisotopic (exact) mass is 299 g/mol. The van der Waals surface area contributed by atoms with Crippen molar-refractivity contribution in [3.63, 3.8) is 0 Å². The summed E-state index contributed by atoms with van der Waals surface area (Å²) in [4.78, 5) is 14.0. The van der Waals surface area contributed by atoms with Crippen molar-refractivity contribution in [2.45, 2.75) is 19.3 Å². The van der Waals surface area contributed by atoms with Gasteiger partial charge in [0, 0.05) is 25.2 Å². The summed E-state index contributed by atoms with van der Waals surface area (Å²) < 4.78 is 5.80. The Labute approximate surface area is 130 Å². The fourth-order valence-corrected chi connectivity index (χ4v) is 4.41. The average Bonchev–Trinajstić information content (AvgIpc) is 3.05. The first-order chi connectivity index (χ1) is 10.7. The minimum Gasteiger partial charge on any atom is -0.489 e. The molecule has 1 N–H and O–H groups in total. The van der Waals surface area contributed by atoms with Gasteiger partial charge in [-0.15, -0.1) is 0 Å². The number of rotatable bonds is 3. The van der Waals surface area contributed by atoms with Gasteiger partial charge in [-0.05, 0) is 36.5 Å². The molecule has 1 saturated carbocycles. The van der Waals surface area contributed by atoms with Gasteiger partial charge in [-0.2, -0.15) is 0 Å². The fourth-order valence-electron chi connectivity index (χ4n) is 4.41. The van der Waals surface area contributed by atoms with Crippen molar-refractivity contribution in [3.8, 4) is 5.75 Å². The number of fused-ring (bicyclic) bond motifs is 2.